The molecule has 1 atom stereocenters. The van der Waals surface area contributed by atoms with Crippen LogP contribution in [0, 0.1) is 0 Å². The number of alkyl halides is 1. The van der Waals surface area contributed by atoms with Gasteiger partial charge in [0.15, 0.2) is 6.29 Å². The minimum atomic E-state index is -2.15. The second-order valence-electron chi connectivity index (χ2n) is 7.44. The highest BCUT2D eigenvalue weighted by atomic mass is 19.1. The van der Waals surface area contributed by atoms with Crippen molar-refractivity contribution in [3.8, 4) is 0 Å². The topological polar surface area (TPSA) is 25.2 Å². The van der Waals surface area contributed by atoms with Crippen LogP contribution >= 0.6 is 0 Å². The number of fused-ring (bicyclic) bond motifs is 2. The van der Waals surface area contributed by atoms with Crippen molar-refractivity contribution >= 4 is 25.2 Å². The zero-order valence-electron chi connectivity index (χ0n) is 16.1. The molecule has 0 bridgehead atoms. The van der Waals surface area contributed by atoms with Gasteiger partial charge in [0, 0.05) is 34.6 Å². The van der Waals surface area contributed by atoms with E-state index in [2.05, 4.69) is 0 Å². The average molecular weight is 399 g/mol. The molecular weight excluding hydrogens is 381 g/mol. The second-order valence-corrected chi connectivity index (χ2v) is 7.44. The van der Waals surface area contributed by atoms with E-state index in [0.717, 1.165) is 5.56 Å². The van der Waals surface area contributed by atoms with Crippen LogP contribution in [0.4, 0.5) is 8.71 Å². The lowest BCUT2D eigenvalue weighted by molar-refractivity contribution is 0.104. The first kappa shape index (κ1) is 18.6. The van der Waals surface area contributed by atoms with Gasteiger partial charge in [0.25, 0.3) is 0 Å². The van der Waals surface area contributed by atoms with Crippen molar-refractivity contribution in [2.45, 2.75) is 18.6 Å². The van der Waals surface area contributed by atoms with E-state index in [0.29, 0.717) is 34.6 Å². The summed E-state index contributed by atoms with van der Waals surface area (Å²) in [7, 11) is -1.75. The second kappa shape index (κ2) is 7.13. The highest BCUT2D eigenvalue weighted by Gasteiger charge is 2.53. The maximum atomic E-state index is 16.6. The Labute approximate surface area is 174 Å². The van der Waals surface area contributed by atoms with Crippen molar-refractivity contribution < 1.29 is 13.5 Å². The Hall–Kier alpha value is -3.41. The lowest BCUT2D eigenvalue weighted by atomic mass is 9.89. The van der Waals surface area contributed by atoms with E-state index in [4.69, 9.17) is 0 Å². The Morgan fingerprint density at radius 1 is 0.967 bits per heavy atom. The quantitative estimate of drug-likeness (QED) is 0.450. The summed E-state index contributed by atoms with van der Waals surface area (Å²) < 4.78 is 34.1. The molecule has 0 fully saturated rings. The van der Waals surface area contributed by atoms with Gasteiger partial charge in [-0.15, -0.1) is 0 Å². The molecule has 3 nitrogen and oxygen atoms in total. The van der Waals surface area contributed by atoms with Crippen molar-refractivity contribution in [2.75, 3.05) is 0 Å². The summed E-state index contributed by atoms with van der Waals surface area (Å²) in [4.78, 5) is 11.9. The molecule has 0 amide bonds. The fraction of sp³-hybridized carbons (Fsp3) is 0.125. The minimum Gasteiger partial charge on any atom is -0.339 e. The summed E-state index contributed by atoms with van der Waals surface area (Å²) in [6.07, 6.45) is 5.68. The van der Waals surface area contributed by atoms with E-state index >= 15 is 8.71 Å². The van der Waals surface area contributed by atoms with Crippen LogP contribution in [0.15, 0.2) is 84.6 Å². The van der Waals surface area contributed by atoms with E-state index in [1.165, 1.54) is 15.4 Å². The number of halogens is 2. The molecule has 6 heteroatoms. The molecule has 30 heavy (non-hydrogen) atoms. The van der Waals surface area contributed by atoms with Crippen LogP contribution in [-0.2, 0) is 17.0 Å². The summed E-state index contributed by atoms with van der Waals surface area (Å²) in [6, 6.07) is 21.7. The van der Waals surface area contributed by atoms with Crippen LogP contribution in [0.2, 0.25) is 0 Å². The molecule has 0 N–H and O–H groups in total. The molecule has 147 valence electrons. The Morgan fingerprint density at radius 2 is 1.67 bits per heavy atom. The number of allylic oxidation sites excluding steroid dienone is 1. The van der Waals surface area contributed by atoms with Gasteiger partial charge < -0.3 is 9.29 Å². The van der Waals surface area contributed by atoms with Gasteiger partial charge in [-0.25, -0.2) is 4.39 Å². The van der Waals surface area contributed by atoms with Gasteiger partial charge in [-0.3, -0.25) is 9.11 Å². The summed E-state index contributed by atoms with van der Waals surface area (Å²) in [5.74, 6) is -2.15. The summed E-state index contributed by atoms with van der Waals surface area (Å²) in [5.41, 5.74) is 3.63. The van der Waals surface area contributed by atoms with Crippen LogP contribution in [0.25, 0.3) is 11.6 Å². The van der Waals surface area contributed by atoms with Crippen molar-refractivity contribution in [3.05, 3.63) is 107 Å². The maximum absolute atomic E-state index is 16.6. The predicted octanol–water partition coefficient (Wildman–Crippen LogP) is 4.91. The largest absolute Gasteiger partial charge is 0.595 e. The van der Waals surface area contributed by atoms with Gasteiger partial charge in [0.2, 0.25) is 5.79 Å². The zero-order chi connectivity index (χ0) is 20.7. The van der Waals surface area contributed by atoms with Gasteiger partial charge in [-0.05, 0) is 36.3 Å². The summed E-state index contributed by atoms with van der Waals surface area (Å²) >= 11 is 0. The van der Waals surface area contributed by atoms with E-state index in [1.54, 1.807) is 36.4 Å². The molecule has 3 aromatic rings. The van der Waals surface area contributed by atoms with Gasteiger partial charge in [-0.1, -0.05) is 60.7 Å². The SMILES string of the molecule is O=[C]CCc1ccc2n1B(F)N1C(=C2)C(c2ccccc2)=CC1(F)c1ccccc1. The number of benzene rings is 2. The number of nitrogens with zero attached hydrogens (tertiary/aromatic N) is 2. The molecule has 3 heterocycles. The van der Waals surface area contributed by atoms with Gasteiger partial charge in [0.1, 0.15) is 0 Å². The fourth-order valence-electron chi connectivity index (χ4n) is 4.32. The van der Waals surface area contributed by atoms with Gasteiger partial charge >= 0.3 is 7.26 Å². The normalized spacial score (nSPS) is 19.8. The number of aryl methyl sites for hydroxylation is 1. The van der Waals surface area contributed by atoms with E-state index in [9.17, 15) is 4.79 Å². The Morgan fingerprint density at radius 3 is 2.37 bits per heavy atom. The lowest BCUT2D eigenvalue weighted by Crippen LogP contribution is -2.51. The summed E-state index contributed by atoms with van der Waals surface area (Å²) in [6.45, 7) is 0. The van der Waals surface area contributed by atoms with Crippen LogP contribution < -0.4 is 0 Å². The molecule has 0 saturated carbocycles. The Bertz CT molecular complexity index is 1160. The van der Waals surface area contributed by atoms with Crippen molar-refractivity contribution in [3.63, 3.8) is 0 Å². The van der Waals surface area contributed by atoms with Crippen LogP contribution in [0.1, 0.15) is 28.9 Å². The molecule has 1 aromatic heterocycles. The summed E-state index contributed by atoms with van der Waals surface area (Å²) in [5, 5.41) is 0. The zero-order valence-corrected chi connectivity index (χ0v) is 16.1. The fourth-order valence-corrected chi connectivity index (χ4v) is 4.32. The Balaban J connectivity index is 1.70. The first-order chi connectivity index (χ1) is 14.6. The monoisotopic (exact) mass is 399 g/mol. The minimum absolute atomic E-state index is 0.166. The molecule has 1 unspecified atom stereocenters. The smallest absolute Gasteiger partial charge is 0.339 e. The molecule has 0 saturated heterocycles. The van der Waals surface area contributed by atoms with E-state index in [-0.39, 0.29) is 6.42 Å². The molecule has 1 radical (unpaired) electrons. The third kappa shape index (κ3) is 2.75. The van der Waals surface area contributed by atoms with Crippen molar-refractivity contribution in [2.24, 2.45) is 0 Å². The van der Waals surface area contributed by atoms with Crippen molar-refractivity contribution in [1.29, 1.82) is 0 Å². The van der Waals surface area contributed by atoms with Crippen LogP contribution in [-0.4, -0.2) is 22.8 Å². The van der Waals surface area contributed by atoms with Crippen LogP contribution in [0.5, 0.6) is 0 Å². The highest BCUT2D eigenvalue weighted by Crippen LogP contribution is 2.50. The molecular formula is C24H18BF2N2O. The van der Waals surface area contributed by atoms with E-state index < -0.39 is 13.1 Å². The third-order valence-corrected chi connectivity index (χ3v) is 5.71. The molecule has 2 aliphatic rings. The van der Waals surface area contributed by atoms with Gasteiger partial charge in [0.05, 0.1) is 0 Å². The maximum Gasteiger partial charge on any atom is 0.595 e. The number of carbonyl (C=O) groups excluding carboxylic acids is 1. The standard InChI is InChI=1S/C24H18BF2N2O/c26-24(19-10-5-2-6-11-19)17-22(18-8-3-1-4-9-18)23-16-21-14-13-20(12-7-15-30)28(21)25(27)29(23)24/h1-6,8-11,13-14,16-17H,7,12H2. The number of rotatable bonds is 5. The lowest BCUT2D eigenvalue weighted by Gasteiger charge is -2.38. The Kier molecular flexibility index (Phi) is 4.42. The highest BCUT2D eigenvalue weighted by molar-refractivity contribution is 6.49. The predicted molar refractivity (Wildman–Crippen MR) is 114 cm³/mol. The molecule has 5 rings (SSSR count). The number of hydrogen-bond acceptors (Lipinski definition) is 2. The van der Waals surface area contributed by atoms with Crippen molar-refractivity contribution in [1.82, 2.24) is 9.29 Å². The first-order valence-electron chi connectivity index (χ1n) is 9.87. The molecule has 0 spiro atoms. The third-order valence-electron chi connectivity index (χ3n) is 5.71. The average Bonchev–Trinajstić information content (AvgIpc) is 3.33. The van der Waals surface area contributed by atoms with Gasteiger partial charge in [-0.2, -0.15) is 0 Å². The van der Waals surface area contributed by atoms with Crippen LogP contribution in [0.3, 0.4) is 0 Å². The molecule has 0 aliphatic carbocycles. The number of aromatic nitrogens is 1. The molecule has 2 aliphatic heterocycles. The van der Waals surface area contributed by atoms with E-state index in [1.807, 2.05) is 48.8 Å². The molecule has 2 aromatic carbocycles. The first-order valence-corrected chi connectivity index (χ1v) is 9.87. The number of hydrogen-bond donors (Lipinski definition) is 0.